The number of benzene rings is 2. The Hall–Kier alpha value is -3.36. The van der Waals surface area contributed by atoms with Gasteiger partial charge in [0, 0.05) is 30.6 Å². The number of piperidine rings is 1. The largest absolute Gasteiger partial charge is 0.416 e. The number of hydrogen-bond acceptors (Lipinski definition) is 3. The summed E-state index contributed by atoms with van der Waals surface area (Å²) in [6.45, 7) is 0.642. The van der Waals surface area contributed by atoms with Gasteiger partial charge in [-0.1, -0.05) is 25.0 Å². The molecule has 35 heavy (non-hydrogen) atoms. The lowest BCUT2D eigenvalue weighted by Gasteiger charge is -2.31. The molecule has 2 aromatic rings. The lowest BCUT2D eigenvalue weighted by Crippen LogP contribution is -2.41. The normalized spacial score (nSPS) is 17.3. The average Bonchev–Trinajstić information content (AvgIpc) is 3.36. The summed E-state index contributed by atoms with van der Waals surface area (Å²) in [5, 5.41) is 5.91. The number of nitrogens with zero attached hydrogens (tertiary/aromatic N) is 1. The second kappa shape index (κ2) is 10.5. The summed E-state index contributed by atoms with van der Waals surface area (Å²) in [5.41, 5.74) is 0.253. The fraction of sp³-hybridized carbons (Fsp3) is 0.423. The standard InChI is InChI=1S/C26H28F3N3O3/c27-26(28,29)19-11-9-18(10-12-19)25(35)32-15-13-17(14-16-32)23(33)31-22-8-4-3-7-21(22)24(34)30-20-5-1-2-6-20/h3-4,7-12,17,20H,1-2,5-6,13-16H2,(H,30,34)(H,31,33). The van der Waals surface area contributed by atoms with Crippen LogP contribution in [0, 0.1) is 5.92 Å². The maximum Gasteiger partial charge on any atom is 0.416 e. The van der Waals surface area contributed by atoms with Gasteiger partial charge >= 0.3 is 6.18 Å². The minimum absolute atomic E-state index is 0.165. The summed E-state index contributed by atoms with van der Waals surface area (Å²) in [6, 6.07) is 11.2. The van der Waals surface area contributed by atoms with Crippen LogP contribution in [0.15, 0.2) is 48.5 Å². The number of para-hydroxylation sites is 1. The Balaban J connectivity index is 1.33. The number of carbonyl (C=O) groups is 3. The van der Waals surface area contributed by atoms with E-state index in [0.29, 0.717) is 37.2 Å². The van der Waals surface area contributed by atoms with Crippen LogP contribution in [0.4, 0.5) is 18.9 Å². The zero-order chi connectivity index (χ0) is 25.0. The van der Waals surface area contributed by atoms with Crippen LogP contribution in [0.25, 0.3) is 0 Å². The van der Waals surface area contributed by atoms with Gasteiger partial charge in [-0.15, -0.1) is 0 Å². The van der Waals surface area contributed by atoms with Crippen molar-refractivity contribution in [2.24, 2.45) is 5.92 Å². The molecule has 186 valence electrons. The van der Waals surface area contributed by atoms with Crippen molar-refractivity contribution in [2.75, 3.05) is 18.4 Å². The Morgan fingerprint density at radius 2 is 1.49 bits per heavy atom. The van der Waals surface area contributed by atoms with Gasteiger partial charge in [0.15, 0.2) is 0 Å². The smallest absolute Gasteiger partial charge is 0.349 e. The molecule has 0 aromatic heterocycles. The first-order chi connectivity index (χ1) is 16.7. The van der Waals surface area contributed by atoms with Crippen LogP contribution >= 0.6 is 0 Å². The molecular weight excluding hydrogens is 459 g/mol. The van der Waals surface area contributed by atoms with Crippen molar-refractivity contribution in [2.45, 2.75) is 50.7 Å². The molecule has 0 atom stereocenters. The van der Waals surface area contributed by atoms with E-state index >= 15 is 0 Å². The van der Waals surface area contributed by atoms with E-state index in [1.54, 1.807) is 29.2 Å². The number of hydrogen-bond donors (Lipinski definition) is 2. The van der Waals surface area contributed by atoms with Gasteiger partial charge in [0.25, 0.3) is 11.8 Å². The quantitative estimate of drug-likeness (QED) is 0.632. The minimum atomic E-state index is -4.46. The molecule has 6 nitrogen and oxygen atoms in total. The number of amides is 3. The van der Waals surface area contributed by atoms with Gasteiger partial charge in [0.1, 0.15) is 0 Å². The Morgan fingerprint density at radius 1 is 0.857 bits per heavy atom. The molecule has 9 heteroatoms. The second-order valence-electron chi connectivity index (χ2n) is 9.13. The molecule has 0 bridgehead atoms. The van der Waals surface area contributed by atoms with E-state index in [1.165, 1.54) is 12.1 Å². The molecule has 0 unspecified atom stereocenters. The highest BCUT2D eigenvalue weighted by molar-refractivity contribution is 6.04. The summed E-state index contributed by atoms with van der Waals surface area (Å²) in [6.07, 6.45) is 0.521. The Bertz CT molecular complexity index is 1070. The highest BCUT2D eigenvalue weighted by atomic mass is 19.4. The minimum Gasteiger partial charge on any atom is -0.349 e. The fourth-order valence-electron chi connectivity index (χ4n) is 4.69. The van der Waals surface area contributed by atoms with Gasteiger partial charge < -0.3 is 15.5 Å². The first-order valence-corrected chi connectivity index (χ1v) is 11.9. The van der Waals surface area contributed by atoms with Crippen molar-refractivity contribution < 1.29 is 27.6 Å². The molecule has 1 saturated heterocycles. The van der Waals surface area contributed by atoms with Crippen molar-refractivity contribution in [1.82, 2.24) is 10.2 Å². The highest BCUT2D eigenvalue weighted by Gasteiger charge is 2.32. The van der Waals surface area contributed by atoms with Gasteiger partial charge in [-0.25, -0.2) is 0 Å². The zero-order valence-corrected chi connectivity index (χ0v) is 19.2. The Morgan fingerprint density at radius 3 is 2.11 bits per heavy atom. The number of anilines is 1. The van der Waals surface area contributed by atoms with Crippen molar-refractivity contribution >= 4 is 23.4 Å². The second-order valence-corrected chi connectivity index (χ2v) is 9.13. The van der Waals surface area contributed by atoms with Gasteiger partial charge in [0.05, 0.1) is 16.8 Å². The van der Waals surface area contributed by atoms with E-state index in [4.69, 9.17) is 0 Å². The maximum absolute atomic E-state index is 12.9. The molecule has 4 rings (SSSR count). The fourth-order valence-corrected chi connectivity index (χ4v) is 4.69. The predicted molar refractivity (Wildman–Crippen MR) is 125 cm³/mol. The van der Waals surface area contributed by atoms with Crippen LogP contribution in [0.2, 0.25) is 0 Å². The van der Waals surface area contributed by atoms with Gasteiger partial charge in [-0.3, -0.25) is 14.4 Å². The number of rotatable bonds is 5. The van der Waals surface area contributed by atoms with Crippen molar-refractivity contribution in [3.05, 3.63) is 65.2 Å². The van der Waals surface area contributed by atoms with E-state index in [2.05, 4.69) is 10.6 Å². The van der Waals surface area contributed by atoms with E-state index in [1.807, 2.05) is 0 Å². The molecular formula is C26H28F3N3O3. The highest BCUT2D eigenvalue weighted by Crippen LogP contribution is 2.30. The first kappa shape index (κ1) is 24.8. The third kappa shape index (κ3) is 6.01. The lowest BCUT2D eigenvalue weighted by atomic mass is 9.95. The lowest BCUT2D eigenvalue weighted by molar-refractivity contribution is -0.137. The zero-order valence-electron chi connectivity index (χ0n) is 19.2. The maximum atomic E-state index is 12.9. The summed E-state index contributed by atoms with van der Waals surface area (Å²) in [4.78, 5) is 39.9. The van der Waals surface area contributed by atoms with E-state index < -0.39 is 11.7 Å². The summed E-state index contributed by atoms with van der Waals surface area (Å²) >= 11 is 0. The van der Waals surface area contributed by atoms with Crippen molar-refractivity contribution in [1.29, 1.82) is 0 Å². The van der Waals surface area contributed by atoms with Crippen LogP contribution in [0.5, 0.6) is 0 Å². The Kier molecular flexibility index (Phi) is 7.42. The molecule has 0 spiro atoms. The topological polar surface area (TPSA) is 78.5 Å². The third-order valence-electron chi connectivity index (χ3n) is 6.73. The number of alkyl halides is 3. The van der Waals surface area contributed by atoms with Crippen LogP contribution in [-0.4, -0.2) is 41.8 Å². The summed E-state index contributed by atoms with van der Waals surface area (Å²) in [5.74, 6) is -1.11. The SMILES string of the molecule is O=C(NC1CCCC1)c1ccccc1NC(=O)C1CCN(C(=O)c2ccc(C(F)(F)F)cc2)CC1. The van der Waals surface area contributed by atoms with Crippen LogP contribution in [0.3, 0.4) is 0 Å². The molecule has 3 amide bonds. The number of carbonyl (C=O) groups excluding carboxylic acids is 3. The molecule has 1 aliphatic heterocycles. The van der Waals surface area contributed by atoms with E-state index in [-0.39, 0.29) is 35.2 Å². The van der Waals surface area contributed by atoms with Crippen LogP contribution in [0.1, 0.15) is 64.8 Å². The molecule has 2 aromatic carbocycles. The number of likely N-dealkylation sites (tertiary alicyclic amines) is 1. The molecule has 2 aliphatic rings. The summed E-state index contributed by atoms with van der Waals surface area (Å²) < 4.78 is 38.3. The Labute approximate surface area is 201 Å². The van der Waals surface area contributed by atoms with Gasteiger partial charge in [-0.05, 0) is 62.1 Å². The van der Waals surface area contributed by atoms with Crippen molar-refractivity contribution in [3.63, 3.8) is 0 Å². The number of halogens is 3. The first-order valence-electron chi connectivity index (χ1n) is 11.9. The van der Waals surface area contributed by atoms with Gasteiger partial charge in [-0.2, -0.15) is 13.2 Å². The molecule has 0 radical (unpaired) electrons. The number of nitrogens with one attached hydrogen (secondary N) is 2. The van der Waals surface area contributed by atoms with E-state index in [9.17, 15) is 27.6 Å². The monoisotopic (exact) mass is 487 g/mol. The molecule has 1 aliphatic carbocycles. The third-order valence-corrected chi connectivity index (χ3v) is 6.73. The molecule has 1 heterocycles. The average molecular weight is 488 g/mol. The van der Waals surface area contributed by atoms with Gasteiger partial charge in [0.2, 0.25) is 5.91 Å². The van der Waals surface area contributed by atoms with Crippen molar-refractivity contribution in [3.8, 4) is 0 Å². The predicted octanol–water partition coefficient (Wildman–Crippen LogP) is 4.87. The molecule has 2 N–H and O–H groups in total. The molecule has 2 fully saturated rings. The summed E-state index contributed by atoms with van der Waals surface area (Å²) in [7, 11) is 0. The van der Waals surface area contributed by atoms with Crippen LogP contribution < -0.4 is 10.6 Å². The molecule has 1 saturated carbocycles. The van der Waals surface area contributed by atoms with E-state index in [0.717, 1.165) is 37.8 Å². The van der Waals surface area contributed by atoms with Crippen LogP contribution in [-0.2, 0) is 11.0 Å².